The number of nitrogens with zero attached hydrogens (tertiary/aromatic N) is 1. The average Bonchev–Trinajstić information content (AvgIpc) is 2.88. The van der Waals surface area contributed by atoms with Crippen molar-refractivity contribution < 1.29 is 9.59 Å². The lowest BCUT2D eigenvalue weighted by molar-refractivity contribution is -0.141. The highest BCUT2D eigenvalue weighted by Gasteiger charge is 2.30. The Balaban J connectivity index is 1.84. The molecule has 0 aliphatic carbocycles. The predicted octanol–water partition coefficient (Wildman–Crippen LogP) is 6.79. The first-order chi connectivity index (χ1) is 17.4. The lowest BCUT2D eigenvalue weighted by Gasteiger charge is -2.32. The zero-order valence-corrected chi connectivity index (χ0v) is 23.6. The SMILES string of the molecule is CC[C@H](C)NC(=O)[C@@H](Cc1ccccc1)N(Cc1ccc(Br)cc1)C(=O)CCSc1ccc(C)cc1. The molecule has 0 fully saturated rings. The molecular weight excluding hydrogens is 532 g/mol. The molecule has 190 valence electrons. The van der Waals surface area contributed by atoms with Crippen molar-refractivity contribution in [1.29, 1.82) is 0 Å². The van der Waals surface area contributed by atoms with Crippen LogP contribution in [0.1, 0.15) is 43.4 Å². The molecule has 2 atom stereocenters. The van der Waals surface area contributed by atoms with Crippen molar-refractivity contribution in [1.82, 2.24) is 10.2 Å². The van der Waals surface area contributed by atoms with Crippen LogP contribution >= 0.6 is 27.7 Å². The van der Waals surface area contributed by atoms with Crippen LogP contribution in [0.3, 0.4) is 0 Å². The van der Waals surface area contributed by atoms with E-state index in [-0.39, 0.29) is 17.9 Å². The summed E-state index contributed by atoms with van der Waals surface area (Å²) in [5, 5.41) is 3.12. The number of rotatable bonds is 12. The Morgan fingerprint density at radius 2 is 1.61 bits per heavy atom. The summed E-state index contributed by atoms with van der Waals surface area (Å²) in [6, 6.07) is 25.6. The molecule has 0 unspecified atom stereocenters. The summed E-state index contributed by atoms with van der Waals surface area (Å²) in [4.78, 5) is 30.1. The van der Waals surface area contributed by atoms with Gasteiger partial charge in [0.15, 0.2) is 0 Å². The Labute approximate surface area is 228 Å². The van der Waals surface area contributed by atoms with Gasteiger partial charge in [0.05, 0.1) is 0 Å². The van der Waals surface area contributed by atoms with Crippen LogP contribution in [-0.2, 0) is 22.6 Å². The smallest absolute Gasteiger partial charge is 0.243 e. The van der Waals surface area contributed by atoms with E-state index in [4.69, 9.17) is 0 Å². The molecule has 0 heterocycles. The standard InChI is InChI=1S/C30H35BrN2O2S/c1-4-23(3)32-30(35)28(20-24-8-6-5-7-9-24)33(21-25-12-14-26(31)15-13-25)29(34)18-19-36-27-16-10-22(2)11-17-27/h5-17,23,28H,4,18-21H2,1-3H3,(H,32,35)/t23-,28+/m0/s1. The van der Waals surface area contributed by atoms with E-state index in [9.17, 15) is 9.59 Å². The van der Waals surface area contributed by atoms with Crippen molar-refractivity contribution in [3.63, 3.8) is 0 Å². The second-order valence-corrected chi connectivity index (χ2v) is 11.2. The molecule has 3 rings (SSSR count). The fourth-order valence-corrected chi connectivity index (χ4v) is 4.92. The maximum atomic E-state index is 13.7. The third-order valence-electron chi connectivity index (χ3n) is 6.14. The number of halogens is 1. The molecule has 0 radical (unpaired) electrons. The topological polar surface area (TPSA) is 49.4 Å². The normalized spacial score (nSPS) is 12.6. The van der Waals surface area contributed by atoms with E-state index in [2.05, 4.69) is 52.4 Å². The number of hydrogen-bond acceptors (Lipinski definition) is 3. The van der Waals surface area contributed by atoms with Crippen molar-refractivity contribution in [2.75, 3.05) is 5.75 Å². The van der Waals surface area contributed by atoms with Gasteiger partial charge in [0.25, 0.3) is 0 Å². The summed E-state index contributed by atoms with van der Waals surface area (Å²) in [5.74, 6) is 0.534. The minimum absolute atomic E-state index is 0.0160. The number of amides is 2. The van der Waals surface area contributed by atoms with Gasteiger partial charge in [-0.2, -0.15) is 0 Å². The molecule has 0 saturated carbocycles. The van der Waals surface area contributed by atoms with Crippen LogP contribution < -0.4 is 5.32 Å². The fraction of sp³-hybridized carbons (Fsp3) is 0.333. The van der Waals surface area contributed by atoms with Gasteiger partial charge in [-0.25, -0.2) is 0 Å². The van der Waals surface area contributed by atoms with E-state index < -0.39 is 6.04 Å². The molecule has 0 aromatic heterocycles. The maximum Gasteiger partial charge on any atom is 0.243 e. The summed E-state index contributed by atoms with van der Waals surface area (Å²) in [6.07, 6.45) is 1.66. The summed E-state index contributed by atoms with van der Waals surface area (Å²) in [6.45, 7) is 6.49. The molecule has 1 N–H and O–H groups in total. The van der Waals surface area contributed by atoms with Gasteiger partial charge >= 0.3 is 0 Å². The molecule has 0 aliphatic heterocycles. The van der Waals surface area contributed by atoms with Crippen molar-refractivity contribution >= 4 is 39.5 Å². The molecule has 2 amide bonds. The molecule has 6 heteroatoms. The number of aryl methyl sites for hydroxylation is 1. The van der Waals surface area contributed by atoms with Crippen LogP contribution in [0.2, 0.25) is 0 Å². The Morgan fingerprint density at radius 3 is 2.25 bits per heavy atom. The predicted molar refractivity (Wildman–Crippen MR) is 153 cm³/mol. The zero-order valence-electron chi connectivity index (χ0n) is 21.2. The molecular formula is C30H35BrN2O2S. The molecule has 0 bridgehead atoms. The summed E-state index contributed by atoms with van der Waals surface area (Å²) in [5.41, 5.74) is 3.24. The molecule has 3 aromatic carbocycles. The van der Waals surface area contributed by atoms with Crippen LogP contribution in [0.4, 0.5) is 0 Å². The number of nitrogens with one attached hydrogen (secondary N) is 1. The van der Waals surface area contributed by atoms with E-state index in [1.807, 2.05) is 68.4 Å². The first-order valence-corrected chi connectivity index (χ1v) is 14.2. The van der Waals surface area contributed by atoms with Crippen LogP contribution in [0.15, 0.2) is 88.2 Å². The van der Waals surface area contributed by atoms with Gasteiger partial charge in [0, 0.05) is 40.5 Å². The molecule has 3 aromatic rings. The number of benzene rings is 3. The van der Waals surface area contributed by atoms with Crippen molar-refractivity contribution in [2.45, 2.75) is 63.6 Å². The van der Waals surface area contributed by atoms with E-state index in [0.29, 0.717) is 25.1 Å². The first kappa shape index (κ1) is 28.0. The number of thioether (sulfide) groups is 1. The third-order valence-corrected chi connectivity index (χ3v) is 7.69. The van der Waals surface area contributed by atoms with E-state index in [1.165, 1.54) is 5.56 Å². The summed E-state index contributed by atoms with van der Waals surface area (Å²) >= 11 is 5.15. The van der Waals surface area contributed by atoms with Crippen molar-refractivity contribution in [3.05, 3.63) is 100 Å². The van der Waals surface area contributed by atoms with Crippen molar-refractivity contribution in [3.8, 4) is 0 Å². The summed E-state index contributed by atoms with van der Waals surface area (Å²) in [7, 11) is 0. The van der Waals surface area contributed by atoms with Gasteiger partial charge in [-0.15, -0.1) is 11.8 Å². The molecule has 4 nitrogen and oxygen atoms in total. The molecule has 0 saturated heterocycles. The Bertz CT molecular complexity index is 1100. The highest BCUT2D eigenvalue weighted by atomic mass is 79.9. The monoisotopic (exact) mass is 566 g/mol. The Kier molecular flexibility index (Phi) is 11.1. The van der Waals surface area contributed by atoms with Crippen LogP contribution in [0, 0.1) is 6.92 Å². The number of carbonyl (C=O) groups is 2. The van der Waals surface area contributed by atoms with E-state index >= 15 is 0 Å². The third kappa shape index (κ3) is 8.82. The number of hydrogen-bond donors (Lipinski definition) is 1. The van der Waals surface area contributed by atoms with Crippen LogP contribution in [-0.4, -0.2) is 34.6 Å². The van der Waals surface area contributed by atoms with Crippen LogP contribution in [0.25, 0.3) is 0 Å². The van der Waals surface area contributed by atoms with Gasteiger partial charge in [-0.1, -0.05) is 83.0 Å². The van der Waals surface area contributed by atoms with Gasteiger partial charge < -0.3 is 10.2 Å². The second kappa shape index (κ2) is 14.2. The van der Waals surface area contributed by atoms with E-state index in [1.54, 1.807) is 16.7 Å². The van der Waals surface area contributed by atoms with Crippen LogP contribution in [0.5, 0.6) is 0 Å². The Hall–Kier alpha value is -2.57. The quantitative estimate of drug-likeness (QED) is 0.245. The summed E-state index contributed by atoms with van der Waals surface area (Å²) < 4.78 is 0.981. The lowest BCUT2D eigenvalue weighted by atomic mass is 10.0. The van der Waals surface area contributed by atoms with Gasteiger partial charge in [0.1, 0.15) is 6.04 Å². The lowest BCUT2D eigenvalue weighted by Crippen LogP contribution is -2.52. The largest absolute Gasteiger partial charge is 0.352 e. The van der Waals surface area contributed by atoms with Gasteiger partial charge in [-0.05, 0) is 55.7 Å². The molecule has 0 spiro atoms. The van der Waals surface area contributed by atoms with E-state index in [0.717, 1.165) is 26.9 Å². The van der Waals surface area contributed by atoms with Gasteiger partial charge in [0.2, 0.25) is 11.8 Å². The highest BCUT2D eigenvalue weighted by Crippen LogP contribution is 2.22. The minimum atomic E-state index is -0.595. The van der Waals surface area contributed by atoms with Gasteiger partial charge in [-0.3, -0.25) is 9.59 Å². The molecule has 0 aliphatic rings. The highest BCUT2D eigenvalue weighted by molar-refractivity contribution is 9.10. The number of carbonyl (C=O) groups excluding carboxylic acids is 2. The maximum absolute atomic E-state index is 13.7. The van der Waals surface area contributed by atoms with Crippen molar-refractivity contribution in [2.24, 2.45) is 0 Å². The Morgan fingerprint density at radius 1 is 0.944 bits per heavy atom. The first-order valence-electron chi connectivity index (χ1n) is 12.4. The average molecular weight is 568 g/mol. The second-order valence-electron chi connectivity index (χ2n) is 9.08. The zero-order chi connectivity index (χ0) is 25.9. The minimum Gasteiger partial charge on any atom is -0.352 e. The fourth-order valence-electron chi connectivity index (χ4n) is 3.82. The molecule has 36 heavy (non-hydrogen) atoms.